The molecule has 222 valence electrons. The van der Waals surface area contributed by atoms with Gasteiger partial charge in [0, 0.05) is 87.3 Å². The Morgan fingerprint density at radius 2 is 1.95 bits per heavy atom. The monoisotopic (exact) mass is 570 g/mol. The molecule has 1 aliphatic rings. The topological polar surface area (TPSA) is 107 Å². The predicted molar refractivity (Wildman–Crippen MR) is 166 cm³/mol. The van der Waals surface area contributed by atoms with E-state index in [2.05, 4.69) is 46.2 Å². The molecular weight excluding hydrogens is 528 g/mol. The SMILES string of the molecule is COCCCn1c(C2CCCN(C(=O)C[C@H](N)Cc3ccc(NC(=O)c4cnn(C)c4)cc3)C2)c(C)c2ccccc21. The lowest BCUT2D eigenvalue weighted by atomic mass is 9.91. The first-order chi connectivity index (χ1) is 20.3. The standard InChI is InChI=1S/C33H42N6O3/c1-23-29-9-4-5-10-30(29)39(16-7-17-42-3)32(23)25-8-6-15-38(22-25)31(40)19-27(34)18-24-11-13-28(14-12-24)36-33(41)26-20-35-37(2)21-26/h4-5,9-14,20-21,25,27H,6-8,15-19,22,34H2,1-3H3,(H,36,41)/t25?,27-/m1/s1. The van der Waals surface area contributed by atoms with Crippen molar-refractivity contribution in [1.82, 2.24) is 19.2 Å². The van der Waals surface area contributed by atoms with Gasteiger partial charge in [-0.3, -0.25) is 14.3 Å². The third-order valence-corrected chi connectivity index (χ3v) is 8.28. The van der Waals surface area contributed by atoms with Gasteiger partial charge in [0.25, 0.3) is 5.91 Å². The van der Waals surface area contributed by atoms with E-state index in [1.807, 2.05) is 29.2 Å². The molecule has 1 aliphatic heterocycles. The molecule has 2 atom stereocenters. The maximum Gasteiger partial charge on any atom is 0.258 e. The average Bonchev–Trinajstić information content (AvgIpc) is 3.55. The van der Waals surface area contributed by atoms with Crippen molar-refractivity contribution in [3.05, 3.63) is 83.3 Å². The molecule has 0 bridgehead atoms. The number of carbonyl (C=O) groups is 2. The van der Waals surface area contributed by atoms with Crippen LogP contribution in [0.25, 0.3) is 10.9 Å². The number of anilines is 1. The molecular formula is C33H42N6O3. The molecule has 0 saturated carbocycles. The van der Waals surface area contributed by atoms with Gasteiger partial charge < -0.3 is 25.3 Å². The number of methoxy groups -OCH3 is 1. The number of carbonyl (C=O) groups excluding carboxylic acids is 2. The van der Waals surface area contributed by atoms with Crippen LogP contribution in [0.2, 0.25) is 0 Å². The number of likely N-dealkylation sites (tertiary alicyclic amines) is 1. The van der Waals surface area contributed by atoms with Crippen LogP contribution in [0.3, 0.4) is 0 Å². The van der Waals surface area contributed by atoms with E-state index >= 15 is 0 Å². The van der Waals surface area contributed by atoms with Crippen LogP contribution in [-0.2, 0) is 29.5 Å². The van der Waals surface area contributed by atoms with Crippen molar-refractivity contribution in [2.75, 3.05) is 32.1 Å². The maximum absolute atomic E-state index is 13.4. The van der Waals surface area contributed by atoms with Crippen molar-refractivity contribution >= 4 is 28.4 Å². The number of nitrogens with zero attached hydrogens (tertiary/aromatic N) is 4. The minimum absolute atomic E-state index is 0.118. The summed E-state index contributed by atoms with van der Waals surface area (Å²) in [4.78, 5) is 27.8. The second-order valence-corrected chi connectivity index (χ2v) is 11.4. The molecule has 42 heavy (non-hydrogen) atoms. The van der Waals surface area contributed by atoms with Gasteiger partial charge in [0.05, 0.1) is 11.8 Å². The van der Waals surface area contributed by atoms with Crippen molar-refractivity contribution in [2.45, 2.75) is 57.5 Å². The van der Waals surface area contributed by atoms with Crippen LogP contribution < -0.4 is 11.1 Å². The molecule has 1 fully saturated rings. The van der Waals surface area contributed by atoms with Crippen LogP contribution in [-0.4, -0.2) is 63.9 Å². The number of benzene rings is 2. The first-order valence-electron chi connectivity index (χ1n) is 14.8. The van der Waals surface area contributed by atoms with Crippen LogP contribution in [0.5, 0.6) is 0 Å². The zero-order valence-corrected chi connectivity index (χ0v) is 24.9. The summed E-state index contributed by atoms with van der Waals surface area (Å²) in [5.74, 6) is 0.207. The quantitative estimate of drug-likeness (QED) is 0.256. The van der Waals surface area contributed by atoms with Gasteiger partial charge in [-0.1, -0.05) is 30.3 Å². The van der Waals surface area contributed by atoms with Crippen molar-refractivity contribution in [3.63, 3.8) is 0 Å². The van der Waals surface area contributed by atoms with Gasteiger partial charge >= 0.3 is 0 Å². The number of aromatic nitrogens is 3. The number of amides is 2. The zero-order valence-electron chi connectivity index (χ0n) is 24.9. The third kappa shape index (κ3) is 6.74. The van der Waals surface area contributed by atoms with Crippen LogP contribution in [0, 0.1) is 6.92 Å². The minimum atomic E-state index is -0.282. The molecule has 0 aliphatic carbocycles. The van der Waals surface area contributed by atoms with E-state index in [1.165, 1.54) is 28.4 Å². The van der Waals surface area contributed by atoms with Gasteiger partial charge in [0.1, 0.15) is 0 Å². The lowest BCUT2D eigenvalue weighted by molar-refractivity contribution is -0.132. The van der Waals surface area contributed by atoms with Crippen molar-refractivity contribution in [1.29, 1.82) is 0 Å². The molecule has 2 aromatic heterocycles. The predicted octanol–water partition coefficient (Wildman–Crippen LogP) is 4.64. The Balaban J connectivity index is 1.19. The van der Waals surface area contributed by atoms with Gasteiger partial charge in [0.2, 0.25) is 5.91 Å². The summed E-state index contributed by atoms with van der Waals surface area (Å²) in [6, 6.07) is 15.9. The fourth-order valence-electron chi connectivity index (χ4n) is 6.25. The van der Waals surface area contributed by atoms with Gasteiger partial charge in [-0.05, 0) is 61.9 Å². The number of ether oxygens (including phenoxy) is 1. The molecule has 0 radical (unpaired) electrons. The van der Waals surface area contributed by atoms with E-state index in [4.69, 9.17) is 10.5 Å². The lowest BCUT2D eigenvalue weighted by Crippen LogP contribution is -2.42. The van der Waals surface area contributed by atoms with E-state index < -0.39 is 0 Å². The summed E-state index contributed by atoms with van der Waals surface area (Å²) in [6.45, 7) is 5.34. The zero-order chi connectivity index (χ0) is 29.6. The number of hydrogen-bond donors (Lipinski definition) is 2. The summed E-state index contributed by atoms with van der Waals surface area (Å²) in [5.41, 5.74) is 12.6. The molecule has 0 spiro atoms. The van der Waals surface area contributed by atoms with Gasteiger partial charge in [-0.25, -0.2) is 0 Å². The number of fused-ring (bicyclic) bond motifs is 1. The summed E-state index contributed by atoms with van der Waals surface area (Å²) < 4.78 is 9.39. The minimum Gasteiger partial charge on any atom is -0.385 e. The summed E-state index contributed by atoms with van der Waals surface area (Å²) in [7, 11) is 3.52. The summed E-state index contributed by atoms with van der Waals surface area (Å²) in [6.07, 6.45) is 7.11. The number of nitrogens with one attached hydrogen (secondary N) is 1. The van der Waals surface area contributed by atoms with Gasteiger partial charge in [0.15, 0.2) is 0 Å². The van der Waals surface area contributed by atoms with Crippen LogP contribution in [0.15, 0.2) is 60.9 Å². The van der Waals surface area contributed by atoms with Gasteiger partial charge in [-0.15, -0.1) is 0 Å². The molecule has 5 rings (SSSR count). The lowest BCUT2D eigenvalue weighted by Gasteiger charge is -2.34. The van der Waals surface area contributed by atoms with E-state index in [0.717, 1.165) is 51.1 Å². The van der Waals surface area contributed by atoms with Crippen LogP contribution in [0.4, 0.5) is 5.69 Å². The van der Waals surface area contributed by atoms with E-state index in [-0.39, 0.29) is 17.9 Å². The number of nitrogens with two attached hydrogens (primary N) is 1. The number of rotatable bonds is 11. The molecule has 2 aromatic carbocycles. The van der Waals surface area contributed by atoms with Crippen molar-refractivity contribution in [2.24, 2.45) is 12.8 Å². The normalized spacial score (nSPS) is 16.1. The Hall–Kier alpha value is -3.95. The Bertz CT molecular complexity index is 1520. The number of piperidine rings is 1. The summed E-state index contributed by atoms with van der Waals surface area (Å²) in [5, 5.41) is 8.21. The van der Waals surface area contributed by atoms with Crippen molar-refractivity contribution in [3.8, 4) is 0 Å². The van der Waals surface area contributed by atoms with Gasteiger partial charge in [-0.2, -0.15) is 5.10 Å². The highest BCUT2D eigenvalue weighted by atomic mass is 16.5. The van der Waals surface area contributed by atoms with Crippen LogP contribution in [0.1, 0.15) is 58.8 Å². The van der Waals surface area contributed by atoms with E-state index in [9.17, 15) is 9.59 Å². The molecule has 1 saturated heterocycles. The fraction of sp³-hybridized carbons (Fsp3) is 0.424. The van der Waals surface area contributed by atoms with Crippen LogP contribution >= 0.6 is 0 Å². The molecule has 4 aromatic rings. The average molecular weight is 571 g/mol. The molecule has 1 unspecified atom stereocenters. The highest BCUT2D eigenvalue weighted by molar-refractivity contribution is 6.03. The van der Waals surface area contributed by atoms with E-state index in [1.54, 1.807) is 25.0 Å². The Morgan fingerprint density at radius 1 is 1.17 bits per heavy atom. The second kappa shape index (κ2) is 13.4. The smallest absolute Gasteiger partial charge is 0.258 e. The molecule has 3 N–H and O–H groups in total. The largest absolute Gasteiger partial charge is 0.385 e. The van der Waals surface area contributed by atoms with E-state index in [0.29, 0.717) is 30.0 Å². The van der Waals surface area contributed by atoms with Crippen molar-refractivity contribution < 1.29 is 14.3 Å². The molecule has 9 nitrogen and oxygen atoms in total. The first-order valence-corrected chi connectivity index (χ1v) is 14.8. The number of hydrogen-bond acceptors (Lipinski definition) is 5. The molecule has 3 heterocycles. The highest BCUT2D eigenvalue weighted by Gasteiger charge is 2.29. The molecule has 2 amide bonds. The number of para-hydroxylation sites is 1. The number of aryl methyl sites for hydroxylation is 3. The Kier molecular flexibility index (Phi) is 9.39. The summed E-state index contributed by atoms with van der Waals surface area (Å²) >= 11 is 0. The Morgan fingerprint density at radius 3 is 2.69 bits per heavy atom. The second-order valence-electron chi connectivity index (χ2n) is 11.4. The highest BCUT2D eigenvalue weighted by Crippen LogP contribution is 2.36. The fourth-order valence-corrected chi connectivity index (χ4v) is 6.25. The maximum atomic E-state index is 13.4. The Labute approximate surface area is 247 Å². The molecule has 9 heteroatoms. The first kappa shape index (κ1) is 29.5. The third-order valence-electron chi connectivity index (χ3n) is 8.28.